The van der Waals surface area contributed by atoms with Crippen LogP contribution in [0.1, 0.15) is 24.3 Å². The number of carbonyl (C=O) groups excluding carboxylic acids is 2. The Morgan fingerprint density at radius 1 is 1.26 bits per heavy atom. The quantitative estimate of drug-likeness (QED) is 0.877. The van der Waals surface area contributed by atoms with Crippen molar-refractivity contribution in [3.05, 3.63) is 29.8 Å². The van der Waals surface area contributed by atoms with Crippen LogP contribution in [0.3, 0.4) is 0 Å². The fourth-order valence-electron chi connectivity index (χ4n) is 3.52. The topological polar surface area (TPSA) is 78.7 Å². The van der Waals surface area contributed by atoms with Crippen LogP contribution in [-0.4, -0.2) is 50.1 Å². The van der Waals surface area contributed by atoms with Gasteiger partial charge in [-0.25, -0.2) is 4.79 Å². The zero-order chi connectivity index (χ0) is 16.4. The summed E-state index contributed by atoms with van der Waals surface area (Å²) in [5, 5.41) is 3.03. The van der Waals surface area contributed by atoms with E-state index in [0.29, 0.717) is 32.0 Å². The number of anilines is 1. The predicted octanol–water partition coefficient (Wildman–Crippen LogP) is 1.13. The Bertz CT molecular complexity index is 604. The summed E-state index contributed by atoms with van der Waals surface area (Å²) in [6.07, 6.45) is 1.69. The number of nitrogens with two attached hydrogens (primary N) is 1. The third-order valence-corrected chi connectivity index (χ3v) is 4.98. The third kappa shape index (κ3) is 3.25. The molecule has 1 aromatic carbocycles. The van der Waals surface area contributed by atoms with Crippen molar-refractivity contribution in [1.82, 2.24) is 10.2 Å². The van der Waals surface area contributed by atoms with E-state index in [-0.39, 0.29) is 17.9 Å². The summed E-state index contributed by atoms with van der Waals surface area (Å²) in [6, 6.07) is 8.27. The lowest BCUT2D eigenvalue weighted by molar-refractivity contribution is -0.121. The van der Waals surface area contributed by atoms with Crippen molar-refractivity contribution in [3.63, 3.8) is 0 Å². The minimum absolute atomic E-state index is 0.0924. The first-order valence-corrected chi connectivity index (χ1v) is 8.18. The minimum Gasteiger partial charge on any atom is -0.374 e. The molecule has 0 unspecified atom stereocenters. The van der Waals surface area contributed by atoms with Gasteiger partial charge >= 0.3 is 6.03 Å². The first-order chi connectivity index (χ1) is 11.1. The van der Waals surface area contributed by atoms with Crippen molar-refractivity contribution in [3.8, 4) is 0 Å². The van der Waals surface area contributed by atoms with E-state index in [9.17, 15) is 9.59 Å². The molecule has 2 atom stereocenters. The van der Waals surface area contributed by atoms with Crippen LogP contribution in [0.5, 0.6) is 0 Å². The summed E-state index contributed by atoms with van der Waals surface area (Å²) >= 11 is 0. The normalized spacial score (nSPS) is 23.5. The van der Waals surface area contributed by atoms with E-state index < -0.39 is 0 Å². The number of benzene rings is 1. The largest absolute Gasteiger partial charge is 0.374 e. The first kappa shape index (κ1) is 15.6. The van der Waals surface area contributed by atoms with Gasteiger partial charge in [-0.2, -0.15) is 0 Å². The van der Waals surface area contributed by atoms with Crippen molar-refractivity contribution >= 4 is 17.6 Å². The summed E-state index contributed by atoms with van der Waals surface area (Å²) in [5.41, 5.74) is 7.85. The van der Waals surface area contributed by atoms with Gasteiger partial charge in [-0.1, -0.05) is 18.2 Å². The summed E-state index contributed by atoms with van der Waals surface area (Å²) in [5.74, 6) is -0.185. The molecule has 6 nitrogen and oxygen atoms in total. The molecule has 2 aliphatic rings. The van der Waals surface area contributed by atoms with E-state index >= 15 is 0 Å². The molecule has 1 aromatic rings. The zero-order valence-corrected chi connectivity index (χ0v) is 13.5. The fourth-order valence-corrected chi connectivity index (χ4v) is 3.52. The number of likely N-dealkylation sites (tertiary alicyclic amines) is 1. The molecule has 1 saturated heterocycles. The van der Waals surface area contributed by atoms with Gasteiger partial charge in [-0.15, -0.1) is 0 Å². The highest BCUT2D eigenvalue weighted by molar-refractivity contribution is 5.80. The number of primary amides is 1. The highest BCUT2D eigenvalue weighted by atomic mass is 16.2. The molecule has 0 aromatic heterocycles. The van der Waals surface area contributed by atoms with Crippen LogP contribution in [0.25, 0.3) is 0 Å². The lowest BCUT2D eigenvalue weighted by Gasteiger charge is -2.33. The predicted molar refractivity (Wildman–Crippen MR) is 89.3 cm³/mol. The van der Waals surface area contributed by atoms with Crippen LogP contribution in [0.4, 0.5) is 10.5 Å². The summed E-state index contributed by atoms with van der Waals surface area (Å²) in [7, 11) is 2.10. The molecule has 0 saturated carbocycles. The van der Waals surface area contributed by atoms with Crippen molar-refractivity contribution in [1.29, 1.82) is 0 Å². The molecule has 3 rings (SSSR count). The van der Waals surface area contributed by atoms with Gasteiger partial charge in [0.25, 0.3) is 0 Å². The number of carbonyl (C=O) groups is 2. The lowest BCUT2D eigenvalue weighted by atomic mass is 9.90. The fraction of sp³-hybridized carbons (Fsp3) is 0.529. The zero-order valence-electron chi connectivity index (χ0n) is 13.5. The SMILES string of the molecule is CN1CC[C@H](CNC(=O)N2CC[C@H](C(N)=O)C2)c2ccccc21. The van der Waals surface area contributed by atoms with Crippen LogP contribution in [0.2, 0.25) is 0 Å². The number of nitrogens with one attached hydrogen (secondary N) is 1. The van der Waals surface area contributed by atoms with Crippen LogP contribution in [-0.2, 0) is 4.79 Å². The number of urea groups is 1. The van der Waals surface area contributed by atoms with E-state index in [1.807, 2.05) is 12.1 Å². The van der Waals surface area contributed by atoms with Gasteiger partial charge in [0.15, 0.2) is 0 Å². The summed E-state index contributed by atoms with van der Waals surface area (Å²) < 4.78 is 0. The number of nitrogens with zero attached hydrogens (tertiary/aromatic N) is 2. The Labute approximate surface area is 136 Å². The second kappa shape index (κ2) is 6.48. The van der Waals surface area contributed by atoms with Crippen LogP contribution < -0.4 is 16.0 Å². The molecule has 3 N–H and O–H groups in total. The number of rotatable bonds is 3. The van der Waals surface area contributed by atoms with Gasteiger partial charge in [0, 0.05) is 44.8 Å². The maximum Gasteiger partial charge on any atom is 0.317 e. The van der Waals surface area contributed by atoms with Crippen molar-refractivity contribution in [2.24, 2.45) is 11.7 Å². The monoisotopic (exact) mass is 316 g/mol. The van der Waals surface area contributed by atoms with Crippen molar-refractivity contribution < 1.29 is 9.59 Å². The second-order valence-electron chi connectivity index (χ2n) is 6.49. The molecular weight excluding hydrogens is 292 g/mol. The average Bonchev–Trinajstić information content (AvgIpc) is 3.05. The number of para-hydroxylation sites is 1. The molecule has 2 aliphatic heterocycles. The lowest BCUT2D eigenvalue weighted by Crippen LogP contribution is -2.42. The van der Waals surface area contributed by atoms with Gasteiger partial charge in [0.1, 0.15) is 0 Å². The molecular formula is C17H24N4O2. The number of amides is 3. The molecule has 2 heterocycles. The Kier molecular flexibility index (Phi) is 4.41. The summed E-state index contributed by atoms with van der Waals surface area (Å²) in [6.45, 7) is 2.65. The first-order valence-electron chi connectivity index (χ1n) is 8.18. The number of fused-ring (bicyclic) bond motifs is 1. The molecule has 1 fully saturated rings. The van der Waals surface area contributed by atoms with Gasteiger partial charge in [0.2, 0.25) is 5.91 Å². The van der Waals surface area contributed by atoms with E-state index in [0.717, 1.165) is 13.0 Å². The Hall–Kier alpha value is -2.24. The van der Waals surface area contributed by atoms with Crippen molar-refractivity contribution in [2.75, 3.05) is 38.1 Å². The van der Waals surface area contributed by atoms with Gasteiger partial charge in [-0.05, 0) is 24.5 Å². The molecule has 3 amide bonds. The summed E-state index contributed by atoms with van der Waals surface area (Å²) in [4.78, 5) is 27.4. The Morgan fingerprint density at radius 3 is 2.78 bits per heavy atom. The Balaban J connectivity index is 1.58. The van der Waals surface area contributed by atoms with Gasteiger partial charge in [0.05, 0.1) is 5.92 Å². The van der Waals surface area contributed by atoms with Crippen molar-refractivity contribution in [2.45, 2.75) is 18.8 Å². The van der Waals surface area contributed by atoms with E-state index in [4.69, 9.17) is 5.73 Å². The molecule has 6 heteroatoms. The average molecular weight is 316 g/mol. The van der Waals surface area contributed by atoms with Crippen LogP contribution >= 0.6 is 0 Å². The Morgan fingerprint density at radius 2 is 2.04 bits per heavy atom. The third-order valence-electron chi connectivity index (χ3n) is 4.98. The van der Waals surface area contributed by atoms with Crippen LogP contribution in [0, 0.1) is 5.92 Å². The molecule has 0 aliphatic carbocycles. The highest BCUT2D eigenvalue weighted by Crippen LogP contribution is 2.33. The second-order valence-corrected chi connectivity index (χ2v) is 6.49. The standard InChI is InChI=1S/C17H24N4O2/c1-20-8-6-12(14-4-2-3-5-15(14)20)10-19-17(23)21-9-7-13(11-21)16(18)22/h2-5,12-13H,6-11H2,1H3,(H2,18,22)(H,19,23)/t12-,13+/m1/s1. The smallest absolute Gasteiger partial charge is 0.317 e. The molecule has 0 bridgehead atoms. The van der Waals surface area contributed by atoms with E-state index in [1.165, 1.54) is 11.3 Å². The maximum absolute atomic E-state index is 12.3. The molecule has 0 radical (unpaired) electrons. The molecule has 0 spiro atoms. The van der Waals surface area contributed by atoms with Gasteiger partial charge in [-0.3, -0.25) is 4.79 Å². The number of hydrogen-bond donors (Lipinski definition) is 2. The highest BCUT2D eigenvalue weighted by Gasteiger charge is 2.30. The number of hydrogen-bond acceptors (Lipinski definition) is 3. The van der Waals surface area contributed by atoms with Crippen LogP contribution in [0.15, 0.2) is 24.3 Å². The maximum atomic E-state index is 12.3. The van der Waals surface area contributed by atoms with E-state index in [1.54, 1.807) is 4.90 Å². The molecule has 124 valence electrons. The minimum atomic E-state index is -0.315. The van der Waals surface area contributed by atoms with E-state index in [2.05, 4.69) is 29.4 Å². The van der Waals surface area contributed by atoms with Gasteiger partial charge < -0.3 is 20.9 Å². The molecule has 23 heavy (non-hydrogen) atoms.